The van der Waals surface area contributed by atoms with Gasteiger partial charge in [-0.2, -0.15) is 11.8 Å². The fourth-order valence-corrected chi connectivity index (χ4v) is 5.57. The van der Waals surface area contributed by atoms with Crippen molar-refractivity contribution in [3.05, 3.63) is 104 Å². The zero-order valence-electron chi connectivity index (χ0n) is 23.5. The van der Waals surface area contributed by atoms with Crippen LogP contribution in [0.4, 0.5) is 0 Å². The average molecular weight is 640 g/mol. The van der Waals surface area contributed by atoms with E-state index in [1.54, 1.807) is 36.4 Å². The first-order valence-corrected chi connectivity index (χ1v) is 15.2. The molecule has 42 heavy (non-hydrogen) atoms. The molecule has 0 fully saturated rings. The quantitative estimate of drug-likeness (QED) is 0.209. The summed E-state index contributed by atoms with van der Waals surface area (Å²) < 4.78 is 12.0. The van der Waals surface area contributed by atoms with Crippen LogP contribution < -0.4 is 24.2 Å². The van der Waals surface area contributed by atoms with E-state index in [1.807, 2.05) is 43.5 Å². The molecule has 1 amide bonds. The smallest absolute Gasteiger partial charge is 0.480 e. The molecule has 0 spiro atoms. The van der Waals surface area contributed by atoms with E-state index in [-0.39, 0.29) is 28.9 Å². The van der Waals surface area contributed by atoms with Gasteiger partial charge in [-0.05, 0) is 84.0 Å². The van der Waals surface area contributed by atoms with Crippen LogP contribution in [0.3, 0.4) is 0 Å². The van der Waals surface area contributed by atoms with Gasteiger partial charge in [0.15, 0.2) is 11.5 Å². The monoisotopic (exact) mass is 638 g/mol. The molecule has 0 saturated heterocycles. The van der Waals surface area contributed by atoms with Crippen LogP contribution in [-0.2, 0) is 9.53 Å². The Morgan fingerprint density at radius 1 is 1.00 bits per heavy atom. The second kappa shape index (κ2) is 15.4. The molecule has 3 aromatic carbocycles. The number of amides is 1. The number of rotatable bonds is 11. The number of methoxy groups -OCH3 is 1. The summed E-state index contributed by atoms with van der Waals surface area (Å²) in [6, 6.07) is 18.9. The summed E-state index contributed by atoms with van der Waals surface area (Å²) in [5.41, 5.74) is 4.06. The minimum absolute atomic E-state index is 0. The summed E-state index contributed by atoms with van der Waals surface area (Å²) in [5.74, 6) is -0.283. The molecule has 0 saturated carbocycles. The van der Waals surface area contributed by atoms with Crippen molar-refractivity contribution in [2.24, 2.45) is 0 Å². The first kappa shape index (κ1) is 34.2. The fraction of sp³-hybridized carbons (Fsp3) is 0.226. The number of carboxylic acids is 1. The SMILES string of the molecule is COC(c1ccc(C(=O)NC(CCSC)C(=O)O)c(-c2ccccc2C)c1)c1oc(-c2ccc(Cl)cc2)c(Cl)c1Cl.[Li+]. The van der Waals surface area contributed by atoms with Gasteiger partial charge in [0.05, 0.1) is 0 Å². The van der Waals surface area contributed by atoms with Crippen LogP contribution in [0.1, 0.15) is 39.8 Å². The number of furan rings is 1. The van der Waals surface area contributed by atoms with E-state index in [0.717, 1.165) is 11.1 Å². The van der Waals surface area contributed by atoms with Gasteiger partial charge < -0.3 is 19.6 Å². The Hall–Kier alpha value is -2.34. The zero-order chi connectivity index (χ0) is 29.7. The van der Waals surface area contributed by atoms with Gasteiger partial charge in [0, 0.05) is 23.3 Å². The third-order valence-corrected chi connectivity index (χ3v) is 8.37. The van der Waals surface area contributed by atoms with E-state index in [2.05, 4.69) is 5.32 Å². The van der Waals surface area contributed by atoms with Gasteiger partial charge in [-0.15, -0.1) is 0 Å². The van der Waals surface area contributed by atoms with Gasteiger partial charge in [-0.3, -0.25) is 4.79 Å². The summed E-state index contributed by atoms with van der Waals surface area (Å²) >= 11 is 20.8. The van der Waals surface area contributed by atoms with Gasteiger partial charge in [0.25, 0.3) is 5.91 Å². The summed E-state index contributed by atoms with van der Waals surface area (Å²) in [7, 11) is 1.52. The van der Waals surface area contributed by atoms with Crippen molar-refractivity contribution < 1.29 is 42.7 Å². The Labute approximate surface area is 276 Å². The van der Waals surface area contributed by atoms with Crippen molar-refractivity contribution in [2.75, 3.05) is 19.1 Å². The molecule has 0 bridgehead atoms. The number of aryl methyl sites for hydroxylation is 1. The molecule has 2 unspecified atom stereocenters. The molecule has 214 valence electrons. The minimum Gasteiger partial charge on any atom is -0.480 e. The van der Waals surface area contributed by atoms with Crippen LogP contribution in [-0.4, -0.2) is 42.1 Å². The molecule has 1 heterocycles. The molecule has 0 radical (unpaired) electrons. The molecule has 0 aliphatic heterocycles. The first-order valence-electron chi connectivity index (χ1n) is 12.6. The molecule has 4 rings (SSSR count). The molecule has 11 heteroatoms. The molecule has 0 aliphatic carbocycles. The van der Waals surface area contributed by atoms with E-state index in [1.165, 1.54) is 18.9 Å². The minimum atomic E-state index is -1.08. The van der Waals surface area contributed by atoms with Crippen molar-refractivity contribution in [2.45, 2.75) is 25.5 Å². The standard InChI is InChI=1S/C31H28Cl3NO5S.Li/c1-17-6-4-5-7-21(17)23-16-19(10-13-22(23)30(36)35-24(31(37)38)14-15-41-3)28(39-2)29-26(34)25(33)27(40-29)18-8-11-20(32)12-9-18;/h4-13,16,24,28H,14-15H2,1-3H3,(H,35,36)(H,37,38);/q;+1. The molecule has 2 atom stereocenters. The fourth-order valence-electron chi connectivity index (χ4n) is 4.51. The van der Waals surface area contributed by atoms with Crippen LogP contribution in [0.25, 0.3) is 22.5 Å². The van der Waals surface area contributed by atoms with Gasteiger partial charge in [0.1, 0.15) is 22.2 Å². The van der Waals surface area contributed by atoms with E-state index in [9.17, 15) is 14.7 Å². The van der Waals surface area contributed by atoms with Crippen molar-refractivity contribution >= 4 is 58.4 Å². The van der Waals surface area contributed by atoms with E-state index < -0.39 is 24.0 Å². The number of hydrogen-bond acceptors (Lipinski definition) is 5. The number of ether oxygens (including phenoxy) is 1. The third-order valence-electron chi connectivity index (χ3n) is 6.64. The number of hydrogen-bond donors (Lipinski definition) is 2. The Kier molecular flexibility index (Phi) is 12.5. The largest absolute Gasteiger partial charge is 1.00 e. The maximum absolute atomic E-state index is 13.5. The van der Waals surface area contributed by atoms with Crippen LogP contribution in [0.2, 0.25) is 15.1 Å². The number of carboxylic acid groups (broad SMARTS) is 1. The summed E-state index contributed by atoms with van der Waals surface area (Å²) in [4.78, 5) is 25.3. The van der Waals surface area contributed by atoms with Crippen molar-refractivity contribution in [1.29, 1.82) is 0 Å². The first-order chi connectivity index (χ1) is 19.7. The van der Waals surface area contributed by atoms with Gasteiger partial charge in [-0.1, -0.05) is 65.1 Å². The second-order valence-corrected chi connectivity index (χ2v) is 11.5. The molecule has 1 aromatic heterocycles. The van der Waals surface area contributed by atoms with E-state index in [4.69, 9.17) is 44.0 Å². The Balaban J connectivity index is 0.00000484. The topological polar surface area (TPSA) is 88.8 Å². The number of carbonyl (C=O) groups excluding carboxylic acids is 1. The number of nitrogens with one attached hydrogen (secondary N) is 1. The van der Waals surface area contributed by atoms with Gasteiger partial charge in [-0.25, -0.2) is 4.79 Å². The zero-order valence-corrected chi connectivity index (χ0v) is 26.6. The number of halogens is 3. The van der Waals surface area contributed by atoms with Crippen LogP contribution >= 0.6 is 46.6 Å². The number of aliphatic carboxylic acids is 1. The maximum atomic E-state index is 13.5. The molecule has 4 aromatic rings. The number of benzene rings is 3. The third kappa shape index (κ3) is 7.59. The van der Waals surface area contributed by atoms with E-state index in [0.29, 0.717) is 51.0 Å². The summed E-state index contributed by atoms with van der Waals surface area (Å²) in [6.45, 7) is 1.94. The van der Waals surface area contributed by atoms with Crippen molar-refractivity contribution in [1.82, 2.24) is 5.32 Å². The normalized spacial score (nSPS) is 12.3. The maximum Gasteiger partial charge on any atom is 1.00 e. The van der Waals surface area contributed by atoms with Crippen LogP contribution in [0.15, 0.2) is 71.1 Å². The summed E-state index contributed by atoms with van der Waals surface area (Å²) in [6.07, 6.45) is 1.44. The van der Waals surface area contributed by atoms with E-state index >= 15 is 0 Å². The predicted octanol–water partition coefficient (Wildman–Crippen LogP) is 5.56. The number of carbonyl (C=O) groups is 2. The molecule has 0 aliphatic rings. The Morgan fingerprint density at radius 3 is 2.31 bits per heavy atom. The molecular formula is C31H28Cl3LiNO5S+. The van der Waals surface area contributed by atoms with Gasteiger partial charge >= 0.3 is 24.8 Å². The van der Waals surface area contributed by atoms with Crippen molar-refractivity contribution in [3.8, 4) is 22.5 Å². The molecule has 6 nitrogen and oxygen atoms in total. The van der Waals surface area contributed by atoms with Crippen molar-refractivity contribution in [3.63, 3.8) is 0 Å². The molecule has 2 N–H and O–H groups in total. The second-order valence-electron chi connectivity index (χ2n) is 9.31. The number of thioether (sulfide) groups is 1. The van der Waals surface area contributed by atoms with Crippen LogP contribution in [0, 0.1) is 6.92 Å². The Morgan fingerprint density at radius 2 is 1.69 bits per heavy atom. The Bertz CT molecular complexity index is 1560. The summed E-state index contributed by atoms with van der Waals surface area (Å²) in [5, 5.41) is 13.4. The predicted molar refractivity (Wildman–Crippen MR) is 167 cm³/mol. The van der Waals surface area contributed by atoms with Crippen LogP contribution in [0.5, 0.6) is 0 Å². The van der Waals surface area contributed by atoms with Gasteiger partial charge in [0.2, 0.25) is 0 Å². The average Bonchev–Trinajstić information content (AvgIpc) is 3.25. The molecular weight excluding hydrogens is 612 g/mol.